The Balaban J connectivity index is 2.48. The summed E-state index contributed by atoms with van der Waals surface area (Å²) in [5, 5.41) is 13.1. The molecule has 70 valence electrons. The smallest absolute Gasteiger partial charge is 0.331 e. The molecule has 0 fully saturated rings. The third-order valence-electron chi connectivity index (χ3n) is 1.35. The minimum atomic E-state index is -0.977. The van der Waals surface area contributed by atoms with Crippen molar-refractivity contribution in [2.75, 3.05) is 5.75 Å². The molecule has 0 aliphatic carbocycles. The highest BCUT2D eigenvalue weighted by Crippen LogP contribution is 2.15. The maximum atomic E-state index is 10.4. The zero-order valence-corrected chi connectivity index (χ0v) is 7.91. The number of thioether (sulfide) groups is 1. The fourth-order valence-electron chi connectivity index (χ4n) is 0.630. The van der Waals surface area contributed by atoms with E-state index in [1.54, 1.807) is 11.7 Å². The van der Waals surface area contributed by atoms with E-state index in [4.69, 9.17) is 5.11 Å². The fourth-order valence-corrected chi connectivity index (χ4v) is 1.41. The number of carboxylic acids is 1. The van der Waals surface area contributed by atoms with Gasteiger partial charge in [-0.05, 0) is 0 Å². The number of rotatable bonds is 4. The van der Waals surface area contributed by atoms with Crippen LogP contribution in [-0.2, 0) is 11.8 Å². The second-order valence-corrected chi connectivity index (χ2v) is 3.31. The van der Waals surface area contributed by atoms with E-state index in [0.29, 0.717) is 10.9 Å². The van der Waals surface area contributed by atoms with Crippen molar-refractivity contribution in [2.45, 2.75) is 5.16 Å². The highest BCUT2D eigenvalue weighted by atomic mass is 32.2. The van der Waals surface area contributed by atoms with Crippen LogP contribution < -0.4 is 0 Å². The van der Waals surface area contributed by atoms with Gasteiger partial charge < -0.3 is 5.11 Å². The lowest BCUT2D eigenvalue weighted by molar-refractivity contribution is -0.132. The minimum absolute atomic E-state index is 0.160. The van der Waals surface area contributed by atoms with Crippen LogP contribution in [0.4, 0.5) is 0 Å². The van der Waals surface area contributed by atoms with Gasteiger partial charge in [0.25, 0.3) is 0 Å². The van der Waals surface area contributed by atoms with Crippen molar-refractivity contribution in [2.24, 2.45) is 7.05 Å². The maximum absolute atomic E-state index is 10.4. The number of nitrogens with zero attached hydrogens (tertiary/aromatic N) is 3. The summed E-state index contributed by atoms with van der Waals surface area (Å²) in [6.45, 7) is 3.41. The Morgan fingerprint density at radius 2 is 2.54 bits per heavy atom. The highest BCUT2D eigenvalue weighted by Gasteiger charge is 2.07. The van der Waals surface area contributed by atoms with Crippen molar-refractivity contribution in [3.63, 3.8) is 0 Å². The van der Waals surface area contributed by atoms with Crippen molar-refractivity contribution >= 4 is 17.7 Å². The number of aryl methyl sites for hydroxylation is 1. The molecule has 13 heavy (non-hydrogen) atoms. The molecule has 1 aromatic heterocycles. The van der Waals surface area contributed by atoms with Gasteiger partial charge in [-0.2, -0.15) is 5.10 Å². The number of carboxylic acid groups (broad SMARTS) is 1. The van der Waals surface area contributed by atoms with Gasteiger partial charge in [-0.25, -0.2) is 14.5 Å². The van der Waals surface area contributed by atoms with Crippen LogP contribution in [0.5, 0.6) is 0 Å². The SMILES string of the molecule is C=C(CSc1ncnn1C)C(=O)O. The molecule has 1 aromatic rings. The molecule has 0 spiro atoms. The van der Waals surface area contributed by atoms with Gasteiger partial charge in [0.15, 0.2) is 5.16 Å². The van der Waals surface area contributed by atoms with Gasteiger partial charge in [0.1, 0.15) is 6.33 Å². The molecular formula is C7H9N3O2S. The van der Waals surface area contributed by atoms with Crippen LogP contribution in [-0.4, -0.2) is 31.6 Å². The zero-order valence-electron chi connectivity index (χ0n) is 7.10. The Kier molecular flexibility index (Phi) is 3.07. The van der Waals surface area contributed by atoms with Crippen LogP contribution in [0, 0.1) is 0 Å². The summed E-state index contributed by atoms with van der Waals surface area (Å²) >= 11 is 1.30. The first-order chi connectivity index (χ1) is 6.11. The normalized spacial score (nSPS) is 9.92. The molecule has 1 N–H and O–H groups in total. The zero-order chi connectivity index (χ0) is 9.84. The molecule has 0 bridgehead atoms. The minimum Gasteiger partial charge on any atom is -0.478 e. The Bertz CT molecular complexity index is 334. The molecule has 5 nitrogen and oxygen atoms in total. The van der Waals surface area contributed by atoms with Gasteiger partial charge in [0, 0.05) is 18.4 Å². The number of aliphatic carboxylic acids is 1. The Labute approximate surface area is 79.5 Å². The van der Waals surface area contributed by atoms with Crippen LogP contribution in [0.25, 0.3) is 0 Å². The second kappa shape index (κ2) is 4.08. The molecule has 0 unspecified atom stereocenters. The largest absolute Gasteiger partial charge is 0.478 e. The predicted molar refractivity (Wildman–Crippen MR) is 48.5 cm³/mol. The number of hydrogen-bond donors (Lipinski definition) is 1. The van der Waals surface area contributed by atoms with Crippen molar-refractivity contribution in [3.05, 3.63) is 18.5 Å². The van der Waals surface area contributed by atoms with E-state index in [0.717, 1.165) is 0 Å². The van der Waals surface area contributed by atoms with Crippen molar-refractivity contribution in [1.82, 2.24) is 14.8 Å². The maximum Gasteiger partial charge on any atom is 0.331 e. The lowest BCUT2D eigenvalue weighted by atomic mass is 10.4. The third-order valence-corrected chi connectivity index (χ3v) is 2.47. The summed E-state index contributed by atoms with van der Waals surface area (Å²) in [5.41, 5.74) is 0.160. The average Bonchev–Trinajstić information content (AvgIpc) is 2.47. The van der Waals surface area contributed by atoms with Gasteiger partial charge in [0.05, 0.1) is 0 Å². The molecule has 6 heteroatoms. The molecule has 0 atom stereocenters. The van der Waals surface area contributed by atoms with Crippen molar-refractivity contribution in [3.8, 4) is 0 Å². The summed E-state index contributed by atoms with van der Waals surface area (Å²) in [4.78, 5) is 14.3. The summed E-state index contributed by atoms with van der Waals surface area (Å²) < 4.78 is 1.58. The Hall–Kier alpha value is -1.30. The second-order valence-electron chi connectivity index (χ2n) is 2.36. The van der Waals surface area contributed by atoms with E-state index in [-0.39, 0.29) is 5.57 Å². The van der Waals surface area contributed by atoms with Crippen LogP contribution >= 0.6 is 11.8 Å². The summed E-state index contributed by atoms with van der Waals surface area (Å²) in [6.07, 6.45) is 1.42. The van der Waals surface area contributed by atoms with Gasteiger partial charge in [-0.1, -0.05) is 18.3 Å². The molecule has 0 amide bonds. The number of carbonyl (C=O) groups is 1. The van der Waals surface area contributed by atoms with Gasteiger partial charge in [0.2, 0.25) is 0 Å². The monoisotopic (exact) mass is 199 g/mol. The fraction of sp³-hybridized carbons (Fsp3) is 0.286. The van der Waals surface area contributed by atoms with Crippen molar-refractivity contribution in [1.29, 1.82) is 0 Å². The van der Waals surface area contributed by atoms with Crippen LogP contribution in [0.3, 0.4) is 0 Å². The summed E-state index contributed by atoms with van der Waals surface area (Å²) in [6, 6.07) is 0. The van der Waals surface area contributed by atoms with Gasteiger partial charge in [-0.3, -0.25) is 0 Å². The predicted octanol–water partition coefficient (Wildman–Crippen LogP) is 0.548. The van der Waals surface area contributed by atoms with E-state index in [1.165, 1.54) is 18.1 Å². The molecule has 0 radical (unpaired) electrons. The quantitative estimate of drug-likeness (QED) is 0.566. The number of hydrogen-bond acceptors (Lipinski definition) is 4. The standard InChI is InChI=1S/C7H9N3O2S/c1-5(6(11)12)3-13-7-8-4-9-10(7)2/h4H,1,3H2,2H3,(H,11,12). The topological polar surface area (TPSA) is 68.0 Å². The van der Waals surface area contributed by atoms with Gasteiger partial charge >= 0.3 is 5.97 Å². The van der Waals surface area contributed by atoms with E-state index in [1.807, 2.05) is 0 Å². The molecule has 0 saturated carbocycles. The first kappa shape index (κ1) is 9.79. The van der Waals surface area contributed by atoms with E-state index in [9.17, 15) is 4.79 Å². The molecule has 0 saturated heterocycles. The first-order valence-electron chi connectivity index (χ1n) is 3.49. The van der Waals surface area contributed by atoms with E-state index in [2.05, 4.69) is 16.7 Å². The van der Waals surface area contributed by atoms with E-state index < -0.39 is 5.97 Å². The summed E-state index contributed by atoms with van der Waals surface area (Å²) in [5.74, 6) is -0.656. The van der Waals surface area contributed by atoms with Crippen molar-refractivity contribution < 1.29 is 9.90 Å². The molecule has 0 aliphatic heterocycles. The molecule has 1 heterocycles. The molecule has 0 aliphatic rings. The van der Waals surface area contributed by atoms with E-state index >= 15 is 0 Å². The summed E-state index contributed by atoms with van der Waals surface area (Å²) in [7, 11) is 1.75. The Morgan fingerprint density at radius 1 is 1.85 bits per heavy atom. The molecule has 0 aromatic carbocycles. The lowest BCUT2D eigenvalue weighted by Gasteiger charge is -1.99. The van der Waals surface area contributed by atoms with Crippen LogP contribution in [0.15, 0.2) is 23.6 Å². The van der Waals surface area contributed by atoms with Gasteiger partial charge in [-0.15, -0.1) is 0 Å². The highest BCUT2D eigenvalue weighted by molar-refractivity contribution is 7.99. The number of aromatic nitrogens is 3. The van der Waals surface area contributed by atoms with Crippen LogP contribution in [0.1, 0.15) is 0 Å². The average molecular weight is 199 g/mol. The lowest BCUT2D eigenvalue weighted by Crippen LogP contribution is -2.02. The van der Waals surface area contributed by atoms with Crippen LogP contribution in [0.2, 0.25) is 0 Å². The Morgan fingerprint density at radius 3 is 3.00 bits per heavy atom. The third kappa shape index (κ3) is 2.59. The molecule has 1 rings (SSSR count). The molecular weight excluding hydrogens is 190 g/mol. The first-order valence-corrected chi connectivity index (χ1v) is 4.47.